The Balaban J connectivity index is 1.66. The second-order valence-corrected chi connectivity index (χ2v) is 5.86. The Hall–Kier alpha value is -1.36. The van der Waals surface area contributed by atoms with Gasteiger partial charge in [0.1, 0.15) is 5.82 Å². The van der Waals surface area contributed by atoms with Crippen LogP contribution in [0.1, 0.15) is 44.1 Å². The summed E-state index contributed by atoms with van der Waals surface area (Å²) in [5.41, 5.74) is 6.80. The zero-order chi connectivity index (χ0) is 13.3. The van der Waals surface area contributed by atoms with E-state index in [-0.39, 0.29) is 5.60 Å². The molecule has 0 aromatic carbocycles. The summed E-state index contributed by atoms with van der Waals surface area (Å²) in [5.74, 6) is 1.16. The lowest BCUT2D eigenvalue weighted by atomic mass is 9.82. The van der Waals surface area contributed by atoms with E-state index < -0.39 is 0 Å². The highest BCUT2D eigenvalue weighted by Gasteiger charge is 2.41. The minimum Gasteiger partial charge on any atom is -0.373 e. The van der Waals surface area contributed by atoms with Crippen LogP contribution < -0.4 is 11.1 Å². The molecule has 1 aliphatic carbocycles. The maximum Gasteiger partial charge on any atom is 0.221 e. The maximum atomic E-state index is 6.10. The summed E-state index contributed by atoms with van der Waals surface area (Å²) >= 11 is 0. The standard InChI is InChI=1S/C14H22N4O/c1-10-8-16-13(15)18-12(10)17-11-7-14(19-9-11)5-3-2-4-6-14/h8,11H,2-7,9H2,1H3,(H3,15,16,17,18). The molecule has 1 saturated heterocycles. The molecule has 1 unspecified atom stereocenters. The number of hydrogen-bond acceptors (Lipinski definition) is 5. The average molecular weight is 262 g/mol. The molecule has 2 heterocycles. The van der Waals surface area contributed by atoms with Crippen molar-refractivity contribution < 1.29 is 4.74 Å². The minimum atomic E-state index is 0.127. The predicted octanol–water partition coefficient (Wildman–Crippen LogP) is 2.27. The number of nitrogens with one attached hydrogen (secondary N) is 1. The highest BCUT2D eigenvalue weighted by Crippen LogP contribution is 2.40. The Morgan fingerprint density at radius 1 is 1.37 bits per heavy atom. The van der Waals surface area contributed by atoms with Gasteiger partial charge in [0, 0.05) is 11.8 Å². The van der Waals surface area contributed by atoms with E-state index >= 15 is 0 Å². The fraction of sp³-hybridized carbons (Fsp3) is 0.714. The third-order valence-electron chi connectivity index (χ3n) is 4.31. The molecule has 104 valence electrons. The largest absolute Gasteiger partial charge is 0.373 e. The number of nitrogens with two attached hydrogens (primary N) is 1. The van der Waals surface area contributed by atoms with Crippen molar-refractivity contribution in [3.8, 4) is 0 Å². The van der Waals surface area contributed by atoms with Crippen molar-refractivity contribution in [3.05, 3.63) is 11.8 Å². The van der Waals surface area contributed by atoms with E-state index in [1.807, 2.05) is 6.92 Å². The van der Waals surface area contributed by atoms with E-state index in [2.05, 4.69) is 15.3 Å². The molecule has 1 aliphatic heterocycles. The maximum absolute atomic E-state index is 6.10. The second kappa shape index (κ2) is 4.96. The molecule has 3 rings (SSSR count). The van der Waals surface area contributed by atoms with Crippen LogP contribution in [0.15, 0.2) is 6.20 Å². The van der Waals surface area contributed by atoms with Crippen LogP contribution in [0.2, 0.25) is 0 Å². The summed E-state index contributed by atoms with van der Waals surface area (Å²) in [4.78, 5) is 8.26. The summed E-state index contributed by atoms with van der Waals surface area (Å²) in [6.07, 6.45) is 9.20. The number of anilines is 2. The highest BCUT2D eigenvalue weighted by molar-refractivity contribution is 5.46. The Labute approximate surface area is 114 Å². The third kappa shape index (κ3) is 2.66. The summed E-state index contributed by atoms with van der Waals surface area (Å²) in [7, 11) is 0. The topological polar surface area (TPSA) is 73.1 Å². The van der Waals surface area contributed by atoms with Gasteiger partial charge in [-0.2, -0.15) is 4.98 Å². The fourth-order valence-electron chi connectivity index (χ4n) is 3.28. The van der Waals surface area contributed by atoms with Gasteiger partial charge in [0.2, 0.25) is 5.95 Å². The molecule has 19 heavy (non-hydrogen) atoms. The van der Waals surface area contributed by atoms with Gasteiger partial charge in [-0.15, -0.1) is 0 Å². The van der Waals surface area contributed by atoms with Crippen LogP contribution in [0.4, 0.5) is 11.8 Å². The molecular formula is C14H22N4O. The molecular weight excluding hydrogens is 240 g/mol. The van der Waals surface area contributed by atoms with E-state index in [9.17, 15) is 0 Å². The van der Waals surface area contributed by atoms with Gasteiger partial charge in [0.15, 0.2) is 0 Å². The molecule has 0 radical (unpaired) electrons. The van der Waals surface area contributed by atoms with Gasteiger partial charge < -0.3 is 15.8 Å². The molecule has 3 N–H and O–H groups in total. The minimum absolute atomic E-state index is 0.127. The quantitative estimate of drug-likeness (QED) is 0.855. The molecule has 1 spiro atoms. The SMILES string of the molecule is Cc1cnc(N)nc1NC1COC2(CCCCC2)C1. The zero-order valence-corrected chi connectivity index (χ0v) is 11.5. The molecule has 1 atom stereocenters. The lowest BCUT2D eigenvalue weighted by molar-refractivity contribution is -0.0244. The Kier molecular flexibility index (Phi) is 3.31. The number of nitrogen functional groups attached to an aromatic ring is 1. The number of nitrogens with zero attached hydrogens (tertiary/aromatic N) is 2. The van der Waals surface area contributed by atoms with Gasteiger partial charge in [-0.05, 0) is 26.2 Å². The number of hydrogen-bond donors (Lipinski definition) is 2. The third-order valence-corrected chi connectivity index (χ3v) is 4.31. The van der Waals surface area contributed by atoms with E-state index in [1.54, 1.807) is 6.20 Å². The molecule has 5 heteroatoms. The first-order valence-electron chi connectivity index (χ1n) is 7.17. The number of ether oxygens (including phenoxy) is 1. The number of aryl methyl sites for hydroxylation is 1. The monoisotopic (exact) mass is 262 g/mol. The molecule has 0 bridgehead atoms. The van der Waals surface area contributed by atoms with Gasteiger partial charge in [0.25, 0.3) is 0 Å². The molecule has 1 saturated carbocycles. The Morgan fingerprint density at radius 3 is 2.95 bits per heavy atom. The lowest BCUT2D eigenvalue weighted by Crippen LogP contribution is -2.31. The summed E-state index contributed by atoms with van der Waals surface area (Å²) in [6.45, 7) is 2.76. The molecule has 2 aliphatic rings. The van der Waals surface area contributed by atoms with Crippen LogP contribution in [0.3, 0.4) is 0 Å². The highest BCUT2D eigenvalue weighted by atomic mass is 16.5. The van der Waals surface area contributed by atoms with Crippen LogP contribution in [0.5, 0.6) is 0 Å². The van der Waals surface area contributed by atoms with E-state index in [4.69, 9.17) is 10.5 Å². The Bertz CT molecular complexity index is 457. The predicted molar refractivity (Wildman–Crippen MR) is 75.0 cm³/mol. The first kappa shape index (κ1) is 12.7. The first-order valence-corrected chi connectivity index (χ1v) is 7.17. The van der Waals surface area contributed by atoms with E-state index in [0.29, 0.717) is 12.0 Å². The summed E-state index contributed by atoms with van der Waals surface area (Å²) in [5, 5.41) is 3.47. The molecule has 2 fully saturated rings. The Morgan fingerprint density at radius 2 is 2.16 bits per heavy atom. The molecule has 1 aromatic rings. The van der Waals surface area contributed by atoms with Crippen LogP contribution in [0.25, 0.3) is 0 Å². The van der Waals surface area contributed by atoms with Crippen molar-refractivity contribution in [3.63, 3.8) is 0 Å². The molecule has 0 amide bonds. The zero-order valence-electron chi connectivity index (χ0n) is 11.5. The van der Waals surface area contributed by atoms with Crippen LogP contribution in [-0.2, 0) is 4.74 Å². The van der Waals surface area contributed by atoms with E-state index in [1.165, 1.54) is 32.1 Å². The smallest absolute Gasteiger partial charge is 0.221 e. The van der Waals surface area contributed by atoms with E-state index in [0.717, 1.165) is 24.4 Å². The summed E-state index contributed by atoms with van der Waals surface area (Å²) in [6, 6.07) is 0.339. The van der Waals surface area contributed by atoms with Crippen molar-refractivity contribution in [2.75, 3.05) is 17.7 Å². The number of aromatic nitrogens is 2. The van der Waals surface area contributed by atoms with Gasteiger partial charge in [-0.1, -0.05) is 19.3 Å². The van der Waals surface area contributed by atoms with Crippen LogP contribution >= 0.6 is 0 Å². The van der Waals surface area contributed by atoms with Gasteiger partial charge in [-0.25, -0.2) is 4.98 Å². The van der Waals surface area contributed by atoms with Crippen molar-refractivity contribution >= 4 is 11.8 Å². The van der Waals surface area contributed by atoms with Crippen LogP contribution in [0, 0.1) is 6.92 Å². The van der Waals surface area contributed by atoms with Crippen molar-refractivity contribution in [1.29, 1.82) is 0 Å². The lowest BCUT2D eigenvalue weighted by Gasteiger charge is -2.32. The fourth-order valence-corrected chi connectivity index (χ4v) is 3.28. The number of rotatable bonds is 2. The molecule has 1 aromatic heterocycles. The molecule has 5 nitrogen and oxygen atoms in total. The normalized spacial score (nSPS) is 25.6. The van der Waals surface area contributed by atoms with Crippen LogP contribution in [-0.4, -0.2) is 28.2 Å². The van der Waals surface area contributed by atoms with Crippen molar-refractivity contribution in [1.82, 2.24) is 9.97 Å². The summed E-state index contributed by atoms with van der Waals surface area (Å²) < 4.78 is 6.10. The first-order chi connectivity index (χ1) is 9.17. The average Bonchev–Trinajstić information content (AvgIpc) is 2.78. The van der Waals surface area contributed by atoms with Gasteiger partial charge in [0.05, 0.1) is 18.2 Å². The second-order valence-electron chi connectivity index (χ2n) is 5.86. The van der Waals surface area contributed by atoms with Gasteiger partial charge >= 0.3 is 0 Å². The van der Waals surface area contributed by atoms with Crippen molar-refractivity contribution in [2.24, 2.45) is 0 Å². The van der Waals surface area contributed by atoms with Crippen molar-refractivity contribution in [2.45, 2.75) is 57.1 Å². The van der Waals surface area contributed by atoms with Gasteiger partial charge in [-0.3, -0.25) is 0 Å².